The first-order valence-electron chi connectivity index (χ1n) is 6.23. The molecule has 1 heterocycles. The molecule has 0 aliphatic carbocycles. The van der Waals surface area contributed by atoms with Gasteiger partial charge in [0.2, 0.25) is 0 Å². The number of unbranched alkanes of at least 4 members (excludes halogenated alkanes) is 2. The summed E-state index contributed by atoms with van der Waals surface area (Å²) in [5.74, 6) is 0. The molecule has 1 saturated heterocycles. The van der Waals surface area contributed by atoms with Gasteiger partial charge in [-0.15, -0.1) is 0 Å². The lowest BCUT2D eigenvalue weighted by Crippen LogP contribution is -2.35. The Labute approximate surface area is 92.8 Å². The fraction of sp³-hybridized carbons (Fsp3) is 0.917. The van der Waals surface area contributed by atoms with Gasteiger partial charge in [0.15, 0.2) is 0 Å². The van der Waals surface area contributed by atoms with Gasteiger partial charge in [-0.05, 0) is 26.2 Å². The largest absolute Gasteiger partial charge is 0.450 e. The van der Waals surface area contributed by atoms with Crippen LogP contribution in [0.3, 0.4) is 0 Å². The van der Waals surface area contributed by atoms with Crippen molar-refractivity contribution in [3.8, 4) is 0 Å². The van der Waals surface area contributed by atoms with Gasteiger partial charge in [-0.25, -0.2) is 4.79 Å². The standard InChI is InChI=1S/C12H23NO2/c1-3-5-6-8-11-9-7-10-13(11)12(14)15-4-2/h11H,3-10H2,1-2H3/t11-/m1/s1. The van der Waals surface area contributed by atoms with Crippen LogP contribution in [0.25, 0.3) is 0 Å². The fourth-order valence-electron chi connectivity index (χ4n) is 2.21. The maximum atomic E-state index is 11.6. The van der Waals surface area contributed by atoms with E-state index < -0.39 is 0 Å². The Balaban J connectivity index is 2.32. The van der Waals surface area contributed by atoms with Crippen molar-refractivity contribution in [2.24, 2.45) is 0 Å². The van der Waals surface area contributed by atoms with Crippen molar-refractivity contribution in [2.75, 3.05) is 13.2 Å². The summed E-state index contributed by atoms with van der Waals surface area (Å²) < 4.78 is 5.05. The van der Waals surface area contributed by atoms with Crippen LogP contribution in [-0.2, 0) is 4.74 Å². The Kier molecular flexibility index (Phi) is 5.51. The number of carbonyl (C=O) groups excluding carboxylic acids is 1. The molecule has 1 aliphatic rings. The lowest BCUT2D eigenvalue weighted by molar-refractivity contribution is 0.101. The van der Waals surface area contributed by atoms with Crippen LogP contribution in [-0.4, -0.2) is 30.2 Å². The Hall–Kier alpha value is -0.730. The van der Waals surface area contributed by atoms with E-state index in [1.54, 1.807) is 0 Å². The van der Waals surface area contributed by atoms with Crippen molar-refractivity contribution >= 4 is 6.09 Å². The van der Waals surface area contributed by atoms with E-state index in [-0.39, 0.29) is 6.09 Å². The number of carbonyl (C=O) groups is 1. The maximum Gasteiger partial charge on any atom is 0.409 e. The number of amides is 1. The van der Waals surface area contributed by atoms with Crippen LogP contribution in [0.4, 0.5) is 4.79 Å². The quantitative estimate of drug-likeness (QED) is 0.656. The minimum Gasteiger partial charge on any atom is -0.450 e. The molecule has 3 heteroatoms. The summed E-state index contributed by atoms with van der Waals surface area (Å²) in [6, 6.07) is 0.440. The molecule has 1 aliphatic heterocycles. The second kappa shape index (κ2) is 6.70. The normalized spacial score (nSPS) is 20.7. The molecule has 0 saturated carbocycles. The highest BCUT2D eigenvalue weighted by molar-refractivity contribution is 5.68. The van der Waals surface area contributed by atoms with E-state index in [0.29, 0.717) is 12.6 Å². The predicted molar refractivity (Wildman–Crippen MR) is 60.9 cm³/mol. The van der Waals surface area contributed by atoms with Crippen molar-refractivity contribution in [1.82, 2.24) is 4.90 Å². The zero-order chi connectivity index (χ0) is 11.1. The van der Waals surface area contributed by atoms with Gasteiger partial charge < -0.3 is 9.64 Å². The molecular formula is C12H23NO2. The van der Waals surface area contributed by atoms with E-state index in [1.165, 1.54) is 19.3 Å². The van der Waals surface area contributed by atoms with Gasteiger partial charge in [0.25, 0.3) is 0 Å². The van der Waals surface area contributed by atoms with Crippen LogP contribution in [0.1, 0.15) is 52.4 Å². The lowest BCUT2D eigenvalue weighted by Gasteiger charge is -2.23. The van der Waals surface area contributed by atoms with Crippen molar-refractivity contribution < 1.29 is 9.53 Å². The molecule has 0 spiro atoms. The molecule has 3 nitrogen and oxygen atoms in total. The SMILES string of the molecule is CCCCC[C@@H]1CCCN1C(=O)OCC. The summed E-state index contributed by atoms with van der Waals surface area (Å²) in [4.78, 5) is 13.5. The molecule has 0 aromatic heterocycles. The second-order valence-corrected chi connectivity index (χ2v) is 4.18. The molecule has 1 atom stereocenters. The Bertz CT molecular complexity index is 194. The smallest absolute Gasteiger partial charge is 0.409 e. The molecule has 0 unspecified atom stereocenters. The highest BCUT2D eigenvalue weighted by atomic mass is 16.6. The number of hydrogen-bond donors (Lipinski definition) is 0. The van der Waals surface area contributed by atoms with Crippen LogP contribution in [0.2, 0.25) is 0 Å². The molecule has 1 amide bonds. The van der Waals surface area contributed by atoms with Crippen molar-refractivity contribution in [3.05, 3.63) is 0 Å². The second-order valence-electron chi connectivity index (χ2n) is 4.18. The van der Waals surface area contributed by atoms with Crippen LogP contribution >= 0.6 is 0 Å². The highest BCUT2D eigenvalue weighted by Gasteiger charge is 2.28. The van der Waals surface area contributed by atoms with Crippen molar-refractivity contribution in [2.45, 2.75) is 58.4 Å². The van der Waals surface area contributed by atoms with E-state index in [2.05, 4.69) is 6.92 Å². The third-order valence-electron chi connectivity index (χ3n) is 3.02. The molecule has 0 aromatic carbocycles. The van der Waals surface area contributed by atoms with Gasteiger partial charge in [0, 0.05) is 12.6 Å². The number of hydrogen-bond acceptors (Lipinski definition) is 2. The van der Waals surface area contributed by atoms with Gasteiger partial charge in [0.1, 0.15) is 0 Å². The number of rotatable bonds is 5. The molecule has 0 bridgehead atoms. The highest BCUT2D eigenvalue weighted by Crippen LogP contribution is 2.22. The summed E-state index contributed by atoms with van der Waals surface area (Å²) in [7, 11) is 0. The van der Waals surface area contributed by atoms with Gasteiger partial charge in [-0.2, -0.15) is 0 Å². The van der Waals surface area contributed by atoms with Gasteiger partial charge in [0.05, 0.1) is 6.61 Å². The molecule has 88 valence electrons. The van der Waals surface area contributed by atoms with Crippen molar-refractivity contribution in [3.63, 3.8) is 0 Å². The fourth-order valence-corrected chi connectivity index (χ4v) is 2.21. The monoisotopic (exact) mass is 213 g/mol. The summed E-state index contributed by atoms with van der Waals surface area (Å²) in [5.41, 5.74) is 0. The van der Waals surface area contributed by atoms with Crippen molar-refractivity contribution in [1.29, 1.82) is 0 Å². The maximum absolute atomic E-state index is 11.6. The average molecular weight is 213 g/mol. The summed E-state index contributed by atoms with van der Waals surface area (Å²) in [6.07, 6.45) is 7.07. The van der Waals surface area contributed by atoms with E-state index >= 15 is 0 Å². The van der Waals surface area contributed by atoms with Gasteiger partial charge >= 0.3 is 6.09 Å². The van der Waals surface area contributed by atoms with E-state index in [4.69, 9.17) is 4.74 Å². The van der Waals surface area contributed by atoms with E-state index in [9.17, 15) is 4.79 Å². The predicted octanol–water partition coefficient (Wildman–Crippen LogP) is 3.19. The first kappa shape index (κ1) is 12.3. The van der Waals surface area contributed by atoms with Crippen LogP contribution < -0.4 is 0 Å². The minimum absolute atomic E-state index is 0.114. The minimum atomic E-state index is -0.114. The molecule has 0 N–H and O–H groups in total. The third-order valence-corrected chi connectivity index (χ3v) is 3.02. The molecule has 0 aromatic rings. The Morgan fingerprint density at radius 2 is 2.20 bits per heavy atom. The zero-order valence-electron chi connectivity index (χ0n) is 10.00. The lowest BCUT2D eigenvalue weighted by atomic mass is 10.1. The van der Waals surface area contributed by atoms with Gasteiger partial charge in [-0.3, -0.25) is 0 Å². The molecule has 0 radical (unpaired) electrons. The Morgan fingerprint density at radius 3 is 2.87 bits per heavy atom. The summed E-state index contributed by atoms with van der Waals surface area (Å²) in [6.45, 7) is 5.43. The van der Waals surface area contributed by atoms with E-state index in [0.717, 1.165) is 25.8 Å². The third kappa shape index (κ3) is 3.73. The van der Waals surface area contributed by atoms with E-state index in [1.807, 2.05) is 11.8 Å². The first-order valence-corrected chi connectivity index (χ1v) is 6.23. The molecule has 1 rings (SSSR count). The average Bonchev–Trinajstić information content (AvgIpc) is 2.67. The molecule has 15 heavy (non-hydrogen) atoms. The Morgan fingerprint density at radius 1 is 1.40 bits per heavy atom. The molecular weight excluding hydrogens is 190 g/mol. The topological polar surface area (TPSA) is 29.5 Å². The number of nitrogens with zero attached hydrogens (tertiary/aromatic N) is 1. The van der Waals surface area contributed by atoms with Crippen LogP contribution in [0.5, 0.6) is 0 Å². The summed E-state index contributed by atoms with van der Waals surface area (Å²) >= 11 is 0. The summed E-state index contributed by atoms with van der Waals surface area (Å²) in [5, 5.41) is 0. The van der Waals surface area contributed by atoms with Gasteiger partial charge in [-0.1, -0.05) is 26.2 Å². The molecule has 1 fully saturated rings. The van der Waals surface area contributed by atoms with Crippen LogP contribution in [0.15, 0.2) is 0 Å². The number of ether oxygens (including phenoxy) is 1. The van der Waals surface area contributed by atoms with Crippen LogP contribution in [0, 0.1) is 0 Å². The number of likely N-dealkylation sites (tertiary alicyclic amines) is 1. The first-order chi connectivity index (χ1) is 7.29. The zero-order valence-corrected chi connectivity index (χ0v) is 10.00.